The van der Waals surface area contributed by atoms with Crippen LogP contribution in [-0.2, 0) is 0 Å². The molecule has 0 aromatic carbocycles. The second-order valence-electron chi connectivity index (χ2n) is 4.06. The summed E-state index contributed by atoms with van der Waals surface area (Å²) in [5.41, 5.74) is 1.02. The maximum absolute atomic E-state index is 4.30. The Hall–Kier alpha value is -1.00. The van der Waals surface area contributed by atoms with E-state index >= 15 is 0 Å². The summed E-state index contributed by atoms with van der Waals surface area (Å²) in [6.45, 7) is 4.35. The molecule has 2 N–H and O–H groups in total. The average Bonchev–Trinajstić information content (AvgIpc) is 2.31. The lowest BCUT2D eigenvalue weighted by Crippen LogP contribution is -2.44. The summed E-state index contributed by atoms with van der Waals surface area (Å²) in [7, 11) is 0. The minimum absolute atomic E-state index is 0.281. The van der Waals surface area contributed by atoms with Crippen molar-refractivity contribution in [3.8, 4) is 0 Å². The molecule has 0 bridgehead atoms. The van der Waals surface area contributed by atoms with Gasteiger partial charge in [0.05, 0.1) is 5.69 Å². The van der Waals surface area contributed by atoms with Crippen LogP contribution in [0.1, 0.15) is 31.5 Å². The molecule has 0 amide bonds. The van der Waals surface area contributed by atoms with E-state index in [4.69, 9.17) is 0 Å². The summed E-state index contributed by atoms with van der Waals surface area (Å²) in [6, 6.07) is 0.847. The zero-order chi connectivity index (χ0) is 10.5. The smallest absolute Gasteiger partial charge is 0.0753 e. The van der Waals surface area contributed by atoms with Gasteiger partial charge in [-0.3, -0.25) is 9.97 Å². The number of piperidine rings is 1. The van der Waals surface area contributed by atoms with Gasteiger partial charge in [-0.15, -0.1) is 0 Å². The Kier molecular flexibility index (Phi) is 3.64. The Morgan fingerprint density at radius 2 is 2.47 bits per heavy atom. The van der Waals surface area contributed by atoms with Gasteiger partial charge in [0.15, 0.2) is 0 Å². The molecule has 1 aliphatic rings. The van der Waals surface area contributed by atoms with Gasteiger partial charge in [0.25, 0.3) is 0 Å². The maximum atomic E-state index is 4.30. The van der Waals surface area contributed by atoms with E-state index in [0.29, 0.717) is 6.04 Å². The molecule has 15 heavy (non-hydrogen) atoms. The molecule has 1 aliphatic heterocycles. The Morgan fingerprint density at radius 1 is 1.53 bits per heavy atom. The van der Waals surface area contributed by atoms with Crippen molar-refractivity contribution in [3.63, 3.8) is 0 Å². The maximum Gasteiger partial charge on any atom is 0.0753 e. The summed E-state index contributed by atoms with van der Waals surface area (Å²) in [5, 5.41) is 6.96. The van der Waals surface area contributed by atoms with E-state index in [-0.39, 0.29) is 6.04 Å². The van der Waals surface area contributed by atoms with Gasteiger partial charge in [-0.05, 0) is 26.3 Å². The fourth-order valence-electron chi connectivity index (χ4n) is 1.97. The molecule has 2 rings (SSSR count). The van der Waals surface area contributed by atoms with Crippen LogP contribution in [0.15, 0.2) is 18.6 Å². The van der Waals surface area contributed by atoms with Crippen LogP contribution in [0.2, 0.25) is 0 Å². The monoisotopic (exact) mass is 206 g/mol. The summed E-state index contributed by atoms with van der Waals surface area (Å²) in [5.74, 6) is 0. The molecule has 4 heteroatoms. The molecule has 0 aliphatic carbocycles. The van der Waals surface area contributed by atoms with Crippen molar-refractivity contribution in [3.05, 3.63) is 24.3 Å². The summed E-state index contributed by atoms with van der Waals surface area (Å²) in [4.78, 5) is 8.38. The number of hydrogen-bond acceptors (Lipinski definition) is 4. The Bertz CT molecular complexity index is 282. The second-order valence-corrected chi connectivity index (χ2v) is 4.06. The third-order valence-corrected chi connectivity index (χ3v) is 2.81. The SMILES string of the molecule is CC(N[C@H]1CCCNC1)c1cnccn1. The first-order chi connectivity index (χ1) is 7.36. The van der Waals surface area contributed by atoms with Crippen LogP contribution >= 0.6 is 0 Å². The second kappa shape index (κ2) is 5.19. The lowest BCUT2D eigenvalue weighted by atomic mass is 10.1. The first-order valence-electron chi connectivity index (χ1n) is 5.59. The molecule has 0 spiro atoms. The molecule has 2 heterocycles. The van der Waals surface area contributed by atoms with E-state index in [1.807, 2.05) is 6.20 Å². The normalized spacial score (nSPS) is 23.7. The predicted molar refractivity (Wildman–Crippen MR) is 59.5 cm³/mol. The van der Waals surface area contributed by atoms with E-state index in [1.165, 1.54) is 12.8 Å². The highest BCUT2D eigenvalue weighted by Crippen LogP contribution is 2.11. The number of nitrogens with zero attached hydrogens (tertiary/aromatic N) is 2. The van der Waals surface area contributed by atoms with Gasteiger partial charge in [-0.1, -0.05) is 0 Å². The lowest BCUT2D eigenvalue weighted by molar-refractivity contribution is 0.359. The van der Waals surface area contributed by atoms with Gasteiger partial charge < -0.3 is 10.6 Å². The van der Waals surface area contributed by atoms with Crippen molar-refractivity contribution in [2.75, 3.05) is 13.1 Å². The molecule has 1 aromatic rings. The molecule has 1 unspecified atom stereocenters. The number of aromatic nitrogens is 2. The van der Waals surface area contributed by atoms with E-state index < -0.39 is 0 Å². The van der Waals surface area contributed by atoms with Crippen molar-refractivity contribution in [1.82, 2.24) is 20.6 Å². The van der Waals surface area contributed by atoms with Crippen molar-refractivity contribution >= 4 is 0 Å². The lowest BCUT2D eigenvalue weighted by Gasteiger charge is -2.26. The number of nitrogens with one attached hydrogen (secondary N) is 2. The third-order valence-electron chi connectivity index (χ3n) is 2.81. The van der Waals surface area contributed by atoms with Crippen LogP contribution in [0.4, 0.5) is 0 Å². The minimum atomic E-state index is 0.281. The summed E-state index contributed by atoms with van der Waals surface area (Å²) < 4.78 is 0. The van der Waals surface area contributed by atoms with Crippen molar-refractivity contribution in [1.29, 1.82) is 0 Å². The first-order valence-corrected chi connectivity index (χ1v) is 5.59. The third kappa shape index (κ3) is 2.97. The van der Waals surface area contributed by atoms with E-state index in [2.05, 4.69) is 27.5 Å². The van der Waals surface area contributed by atoms with Crippen LogP contribution < -0.4 is 10.6 Å². The number of hydrogen-bond donors (Lipinski definition) is 2. The zero-order valence-corrected chi connectivity index (χ0v) is 9.11. The Balaban J connectivity index is 1.88. The van der Waals surface area contributed by atoms with Crippen LogP contribution in [0, 0.1) is 0 Å². The molecule has 82 valence electrons. The van der Waals surface area contributed by atoms with Gasteiger partial charge in [0.1, 0.15) is 0 Å². The van der Waals surface area contributed by atoms with E-state index in [1.54, 1.807) is 12.4 Å². The Labute approximate surface area is 90.5 Å². The largest absolute Gasteiger partial charge is 0.315 e. The molecule has 1 aromatic heterocycles. The van der Waals surface area contributed by atoms with Gasteiger partial charge in [0.2, 0.25) is 0 Å². The van der Waals surface area contributed by atoms with Crippen LogP contribution in [-0.4, -0.2) is 29.1 Å². The highest BCUT2D eigenvalue weighted by Gasteiger charge is 2.16. The van der Waals surface area contributed by atoms with Crippen LogP contribution in [0.5, 0.6) is 0 Å². The highest BCUT2D eigenvalue weighted by atomic mass is 15.0. The minimum Gasteiger partial charge on any atom is -0.315 e. The van der Waals surface area contributed by atoms with Gasteiger partial charge in [-0.2, -0.15) is 0 Å². The predicted octanol–water partition coefficient (Wildman–Crippen LogP) is 0.879. The van der Waals surface area contributed by atoms with Crippen molar-refractivity contribution < 1.29 is 0 Å². The Morgan fingerprint density at radius 3 is 3.13 bits per heavy atom. The molecule has 0 radical (unpaired) electrons. The fraction of sp³-hybridized carbons (Fsp3) is 0.636. The molecule has 1 saturated heterocycles. The summed E-state index contributed by atoms with van der Waals surface area (Å²) in [6.07, 6.45) is 7.78. The standard InChI is InChI=1S/C11H18N4/c1-9(11-8-13-5-6-14-11)15-10-3-2-4-12-7-10/h5-6,8-10,12,15H,2-4,7H2,1H3/t9?,10-/m0/s1. The zero-order valence-electron chi connectivity index (χ0n) is 9.11. The quantitative estimate of drug-likeness (QED) is 0.771. The number of rotatable bonds is 3. The van der Waals surface area contributed by atoms with Crippen LogP contribution in [0.3, 0.4) is 0 Å². The van der Waals surface area contributed by atoms with Crippen LogP contribution in [0.25, 0.3) is 0 Å². The topological polar surface area (TPSA) is 49.8 Å². The molecule has 1 fully saturated rings. The fourth-order valence-corrected chi connectivity index (χ4v) is 1.97. The van der Waals surface area contributed by atoms with Crippen molar-refractivity contribution in [2.45, 2.75) is 31.8 Å². The first kappa shape index (κ1) is 10.5. The summed E-state index contributed by atoms with van der Waals surface area (Å²) >= 11 is 0. The molecule has 2 atom stereocenters. The molecular weight excluding hydrogens is 188 g/mol. The van der Waals surface area contributed by atoms with Gasteiger partial charge in [0, 0.05) is 37.2 Å². The van der Waals surface area contributed by atoms with Crippen molar-refractivity contribution in [2.24, 2.45) is 0 Å². The van der Waals surface area contributed by atoms with Gasteiger partial charge in [-0.25, -0.2) is 0 Å². The van der Waals surface area contributed by atoms with E-state index in [0.717, 1.165) is 18.8 Å². The highest BCUT2D eigenvalue weighted by molar-refractivity contribution is 5.01. The molecule has 0 saturated carbocycles. The molecular formula is C11H18N4. The van der Waals surface area contributed by atoms with E-state index in [9.17, 15) is 0 Å². The average molecular weight is 206 g/mol. The van der Waals surface area contributed by atoms with Gasteiger partial charge >= 0.3 is 0 Å². The molecule has 4 nitrogen and oxygen atoms in total.